The van der Waals surface area contributed by atoms with Crippen LogP contribution in [-0.2, 0) is 0 Å². The number of nitrogens with one attached hydrogen (secondary N) is 1. The average Bonchev–Trinajstić information content (AvgIpc) is 2.90. The molecule has 2 saturated heterocycles. The Kier molecular flexibility index (Phi) is 3.86. The second-order valence-corrected chi connectivity index (χ2v) is 6.21. The molecule has 0 saturated carbocycles. The van der Waals surface area contributed by atoms with Crippen LogP contribution in [0.1, 0.15) is 43.1 Å². The van der Waals surface area contributed by atoms with Gasteiger partial charge in [-0.15, -0.1) is 0 Å². The molecular formula is C12H20N4OS. The van der Waals surface area contributed by atoms with Crippen molar-refractivity contribution in [1.29, 1.82) is 0 Å². The Hall–Kier alpha value is -0.590. The van der Waals surface area contributed by atoms with Gasteiger partial charge in [-0.3, -0.25) is 4.90 Å². The highest BCUT2D eigenvalue weighted by Crippen LogP contribution is 2.28. The summed E-state index contributed by atoms with van der Waals surface area (Å²) in [6.45, 7) is 2.16. The van der Waals surface area contributed by atoms with E-state index in [4.69, 9.17) is 4.52 Å². The van der Waals surface area contributed by atoms with Crippen molar-refractivity contribution in [2.24, 2.45) is 0 Å². The standard InChI is InChI=1S/C12H20N4OS/c1-16-6-7-18-8-10(16)11-14-12(17-15-11)9-4-2-3-5-13-9/h9-10,13H,2-8H2,1H3/t9-,10?/m1/s1. The zero-order chi connectivity index (χ0) is 12.4. The zero-order valence-electron chi connectivity index (χ0n) is 10.8. The van der Waals surface area contributed by atoms with Crippen molar-refractivity contribution in [2.75, 3.05) is 31.6 Å². The topological polar surface area (TPSA) is 54.2 Å². The summed E-state index contributed by atoms with van der Waals surface area (Å²) in [6, 6.07) is 0.575. The lowest BCUT2D eigenvalue weighted by atomic mass is 10.1. The average molecular weight is 268 g/mol. The van der Waals surface area contributed by atoms with E-state index in [2.05, 4.69) is 27.4 Å². The molecule has 0 bridgehead atoms. The van der Waals surface area contributed by atoms with Crippen molar-refractivity contribution in [3.8, 4) is 0 Å². The first-order valence-electron chi connectivity index (χ1n) is 6.69. The quantitative estimate of drug-likeness (QED) is 0.879. The first kappa shape index (κ1) is 12.4. The number of aromatic nitrogens is 2. The lowest BCUT2D eigenvalue weighted by molar-refractivity contribution is 0.253. The van der Waals surface area contributed by atoms with Gasteiger partial charge in [-0.25, -0.2) is 0 Å². The molecule has 0 amide bonds. The summed E-state index contributed by atoms with van der Waals surface area (Å²) in [6.07, 6.45) is 3.60. The second kappa shape index (κ2) is 5.59. The number of piperidine rings is 1. The summed E-state index contributed by atoms with van der Waals surface area (Å²) in [5.41, 5.74) is 0. The van der Waals surface area contributed by atoms with E-state index < -0.39 is 0 Å². The van der Waals surface area contributed by atoms with Gasteiger partial charge in [0.05, 0.1) is 12.1 Å². The molecule has 5 nitrogen and oxygen atoms in total. The number of nitrogens with zero attached hydrogens (tertiary/aromatic N) is 3. The van der Waals surface area contributed by atoms with Gasteiger partial charge < -0.3 is 9.84 Å². The Morgan fingerprint density at radius 2 is 2.39 bits per heavy atom. The van der Waals surface area contributed by atoms with Crippen LogP contribution in [0.25, 0.3) is 0 Å². The predicted octanol–water partition coefficient (Wildman–Crippen LogP) is 1.60. The molecule has 2 aliphatic rings. The van der Waals surface area contributed by atoms with E-state index in [1.807, 2.05) is 11.8 Å². The number of rotatable bonds is 2. The SMILES string of the molecule is CN1CCSCC1c1noc([C@H]2CCCCN2)n1. The fraction of sp³-hybridized carbons (Fsp3) is 0.833. The van der Waals surface area contributed by atoms with Gasteiger partial charge in [0.2, 0.25) is 5.89 Å². The molecule has 1 aromatic rings. The van der Waals surface area contributed by atoms with Crippen LogP contribution in [0.5, 0.6) is 0 Å². The van der Waals surface area contributed by atoms with E-state index in [0.29, 0.717) is 6.04 Å². The van der Waals surface area contributed by atoms with Crippen LogP contribution in [0.15, 0.2) is 4.52 Å². The Balaban J connectivity index is 1.71. The normalized spacial score (nSPS) is 30.5. The van der Waals surface area contributed by atoms with E-state index in [0.717, 1.165) is 37.0 Å². The molecule has 2 fully saturated rings. The largest absolute Gasteiger partial charge is 0.338 e. The molecule has 1 unspecified atom stereocenters. The maximum Gasteiger partial charge on any atom is 0.243 e. The number of hydrogen-bond donors (Lipinski definition) is 1. The summed E-state index contributed by atoms with van der Waals surface area (Å²) in [5, 5.41) is 7.63. The molecule has 3 heterocycles. The monoisotopic (exact) mass is 268 g/mol. The Morgan fingerprint density at radius 3 is 3.17 bits per heavy atom. The van der Waals surface area contributed by atoms with Crippen LogP contribution in [0.3, 0.4) is 0 Å². The predicted molar refractivity (Wildman–Crippen MR) is 71.6 cm³/mol. The van der Waals surface area contributed by atoms with Crippen LogP contribution in [0, 0.1) is 0 Å². The minimum atomic E-state index is 0.265. The Bertz CT molecular complexity index is 391. The van der Waals surface area contributed by atoms with Crippen molar-refractivity contribution in [1.82, 2.24) is 20.4 Å². The van der Waals surface area contributed by atoms with Crippen LogP contribution in [-0.4, -0.2) is 46.7 Å². The molecule has 1 N–H and O–H groups in total. The van der Waals surface area contributed by atoms with E-state index in [9.17, 15) is 0 Å². The summed E-state index contributed by atoms with van der Waals surface area (Å²) >= 11 is 1.97. The molecular weight excluding hydrogens is 248 g/mol. The van der Waals surface area contributed by atoms with Gasteiger partial charge in [-0.1, -0.05) is 11.6 Å². The smallest absolute Gasteiger partial charge is 0.243 e. The summed E-state index contributed by atoms with van der Waals surface area (Å²) in [4.78, 5) is 6.93. The molecule has 100 valence electrons. The third-order valence-corrected chi connectivity index (χ3v) is 4.78. The Labute approximate surface area is 112 Å². The van der Waals surface area contributed by atoms with Crippen molar-refractivity contribution < 1.29 is 4.52 Å². The van der Waals surface area contributed by atoms with Gasteiger partial charge in [-0.2, -0.15) is 16.7 Å². The van der Waals surface area contributed by atoms with Crippen LogP contribution in [0.4, 0.5) is 0 Å². The molecule has 1 aromatic heterocycles. The van der Waals surface area contributed by atoms with E-state index in [-0.39, 0.29) is 6.04 Å². The fourth-order valence-corrected chi connectivity index (χ4v) is 3.76. The van der Waals surface area contributed by atoms with Gasteiger partial charge >= 0.3 is 0 Å². The van der Waals surface area contributed by atoms with E-state index >= 15 is 0 Å². The Morgan fingerprint density at radius 1 is 1.44 bits per heavy atom. The summed E-state index contributed by atoms with van der Waals surface area (Å²) < 4.78 is 5.45. The molecule has 18 heavy (non-hydrogen) atoms. The minimum absolute atomic E-state index is 0.265. The first-order valence-corrected chi connectivity index (χ1v) is 7.85. The van der Waals surface area contributed by atoms with Crippen LogP contribution >= 0.6 is 11.8 Å². The minimum Gasteiger partial charge on any atom is -0.338 e. The summed E-state index contributed by atoms with van der Waals surface area (Å²) in [7, 11) is 2.14. The number of thioether (sulfide) groups is 1. The van der Waals surface area contributed by atoms with Gasteiger partial charge in [0.1, 0.15) is 0 Å². The van der Waals surface area contributed by atoms with Crippen LogP contribution < -0.4 is 5.32 Å². The molecule has 0 radical (unpaired) electrons. The second-order valence-electron chi connectivity index (χ2n) is 5.06. The first-order chi connectivity index (χ1) is 8.84. The zero-order valence-corrected chi connectivity index (χ0v) is 11.6. The highest BCUT2D eigenvalue weighted by Gasteiger charge is 2.28. The fourth-order valence-electron chi connectivity index (χ4n) is 2.54. The molecule has 3 rings (SSSR count). The van der Waals surface area contributed by atoms with E-state index in [1.165, 1.54) is 18.6 Å². The highest BCUT2D eigenvalue weighted by atomic mass is 32.2. The molecule has 0 aromatic carbocycles. The van der Waals surface area contributed by atoms with Gasteiger partial charge in [0.15, 0.2) is 5.82 Å². The lowest BCUT2D eigenvalue weighted by Crippen LogP contribution is -2.33. The van der Waals surface area contributed by atoms with Gasteiger partial charge in [-0.05, 0) is 26.4 Å². The van der Waals surface area contributed by atoms with Gasteiger partial charge in [0, 0.05) is 18.1 Å². The van der Waals surface area contributed by atoms with Crippen molar-refractivity contribution in [3.63, 3.8) is 0 Å². The summed E-state index contributed by atoms with van der Waals surface area (Å²) in [5.74, 6) is 3.89. The van der Waals surface area contributed by atoms with Crippen molar-refractivity contribution in [3.05, 3.63) is 11.7 Å². The van der Waals surface area contributed by atoms with Crippen molar-refractivity contribution >= 4 is 11.8 Å². The molecule has 6 heteroatoms. The number of hydrogen-bond acceptors (Lipinski definition) is 6. The third kappa shape index (κ3) is 2.55. The molecule has 2 atom stereocenters. The maximum absolute atomic E-state index is 5.45. The lowest BCUT2D eigenvalue weighted by Gasteiger charge is -2.29. The molecule has 0 aliphatic carbocycles. The highest BCUT2D eigenvalue weighted by molar-refractivity contribution is 7.99. The van der Waals surface area contributed by atoms with Gasteiger partial charge in [0.25, 0.3) is 0 Å². The molecule has 0 spiro atoms. The van der Waals surface area contributed by atoms with Crippen molar-refractivity contribution in [2.45, 2.75) is 31.3 Å². The maximum atomic E-state index is 5.45. The van der Waals surface area contributed by atoms with Crippen LogP contribution in [0.2, 0.25) is 0 Å². The third-order valence-electron chi connectivity index (χ3n) is 3.76. The molecule has 2 aliphatic heterocycles. The van der Waals surface area contributed by atoms with E-state index in [1.54, 1.807) is 0 Å².